The average Bonchev–Trinajstić information content (AvgIpc) is 2.83. The summed E-state index contributed by atoms with van der Waals surface area (Å²) >= 11 is 7.69. The average molecular weight is 481 g/mol. The van der Waals surface area contributed by atoms with Crippen molar-refractivity contribution in [3.8, 4) is 0 Å². The number of carbonyl (C=O) groups excluding carboxylic acids is 2. The zero-order valence-corrected chi connectivity index (χ0v) is 20.5. The van der Waals surface area contributed by atoms with Crippen LogP contribution in [0.5, 0.6) is 0 Å². The Morgan fingerprint density at radius 1 is 0.939 bits per heavy atom. The number of hydrogen-bond acceptors (Lipinski definition) is 3. The number of aryl methyl sites for hydroxylation is 1. The fraction of sp³-hybridized carbons (Fsp3) is 0.259. The summed E-state index contributed by atoms with van der Waals surface area (Å²) in [5.74, 6) is 0.423. The quantitative estimate of drug-likeness (QED) is 0.389. The maximum atomic E-state index is 13.4. The Bertz CT molecular complexity index is 1040. The Labute approximate surface area is 205 Å². The molecular weight excluding hydrogens is 452 g/mol. The molecule has 0 aliphatic heterocycles. The van der Waals surface area contributed by atoms with Crippen LogP contribution in [0.2, 0.25) is 5.02 Å². The maximum absolute atomic E-state index is 13.4. The predicted octanol–water partition coefficient (Wildman–Crippen LogP) is 5.52. The molecule has 0 saturated heterocycles. The fourth-order valence-electron chi connectivity index (χ4n) is 3.54. The molecule has 4 nitrogen and oxygen atoms in total. The molecule has 1 N–H and O–H groups in total. The van der Waals surface area contributed by atoms with Crippen molar-refractivity contribution in [1.82, 2.24) is 10.2 Å². The molecule has 0 fully saturated rings. The number of nitrogens with zero attached hydrogens (tertiary/aromatic N) is 1. The van der Waals surface area contributed by atoms with Gasteiger partial charge in [-0.2, -0.15) is 0 Å². The monoisotopic (exact) mass is 480 g/mol. The van der Waals surface area contributed by atoms with E-state index in [1.807, 2.05) is 42.5 Å². The van der Waals surface area contributed by atoms with Crippen LogP contribution in [-0.4, -0.2) is 35.6 Å². The number of hydrogen-bond donors (Lipinski definition) is 1. The first-order chi connectivity index (χ1) is 16.0. The molecule has 172 valence electrons. The van der Waals surface area contributed by atoms with Crippen molar-refractivity contribution in [1.29, 1.82) is 0 Å². The summed E-state index contributed by atoms with van der Waals surface area (Å²) in [7, 11) is 1.61. The fourth-order valence-corrected chi connectivity index (χ4v) is 4.51. The summed E-state index contributed by atoms with van der Waals surface area (Å²) in [5.41, 5.74) is 3.15. The van der Waals surface area contributed by atoms with Gasteiger partial charge in [0.25, 0.3) is 0 Å². The van der Waals surface area contributed by atoms with Crippen LogP contribution in [0.25, 0.3) is 0 Å². The third-order valence-corrected chi connectivity index (χ3v) is 6.66. The summed E-state index contributed by atoms with van der Waals surface area (Å²) in [4.78, 5) is 29.1. The minimum absolute atomic E-state index is 0.0471. The topological polar surface area (TPSA) is 49.4 Å². The van der Waals surface area contributed by atoms with Gasteiger partial charge in [0.2, 0.25) is 11.8 Å². The highest BCUT2D eigenvalue weighted by Gasteiger charge is 2.29. The zero-order chi connectivity index (χ0) is 23.6. The third-order valence-electron chi connectivity index (χ3n) is 5.39. The molecule has 0 unspecified atom stereocenters. The first kappa shape index (κ1) is 24.9. The van der Waals surface area contributed by atoms with Gasteiger partial charge in [-0.3, -0.25) is 9.59 Å². The smallest absolute Gasteiger partial charge is 0.242 e. The van der Waals surface area contributed by atoms with E-state index in [2.05, 4.69) is 36.5 Å². The Morgan fingerprint density at radius 3 is 2.24 bits per heavy atom. The van der Waals surface area contributed by atoms with Gasteiger partial charge < -0.3 is 10.2 Å². The molecule has 3 aromatic rings. The van der Waals surface area contributed by atoms with Crippen molar-refractivity contribution < 1.29 is 9.59 Å². The molecule has 3 rings (SSSR count). The van der Waals surface area contributed by atoms with E-state index in [0.29, 0.717) is 30.2 Å². The minimum Gasteiger partial charge on any atom is -0.357 e. The molecule has 3 aromatic carbocycles. The molecule has 0 bridgehead atoms. The summed E-state index contributed by atoms with van der Waals surface area (Å²) in [5, 5.41) is 3.38. The molecule has 2 amide bonds. The summed E-state index contributed by atoms with van der Waals surface area (Å²) in [6, 6.07) is 24.9. The molecule has 0 aliphatic rings. The summed E-state index contributed by atoms with van der Waals surface area (Å²) < 4.78 is 0. The van der Waals surface area contributed by atoms with Gasteiger partial charge in [-0.25, -0.2) is 0 Å². The van der Waals surface area contributed by atoms with Crippen LogP contribution in [0.1, 0.15) is 23.1 Å². The number of amides is 2. The zero-order valence-electron chi connectivity index (χ0n) is 19.0. The molecule has 0 aromatic heterocycles. The van der Waals surface area contributed by atoms with E-state index >= 15 is 0 Å². The molecule has 1 atom stereocenters. The van der Waals surface area contributed by atoms with Gasteiger partial charge in [0, 0.05) is 42.1 Å². The lowest BCUT2D eigenvalue weighted by Gasteiger charge is -2.31. The van der Waals surface area contributed by atoms with Crippen LogP contribution in [-0.2, 0) is 22.6 Å². The van der Waals surface area contributed by atoms with Crippen LogP contribution < -0.4 is 5.32 Å². The number of halogens is 1. The van der Waals surface area contributed by atoms with E-state index in [1.165, 1.54) is 5.56 Å². The van der Waals surface area contributed by atoms with Gasteiger partial charge in [-0.1, -0.05) is 71.8 Å². The Morgan fingerprint density at radius 2 is 1.61 bits per heavy atom. The van der Waals surface area contributed by atoms with Crippen molar-refractivity contribution in [3.05, 3.63) is 101 Å². The van der Waals surface area contributed by atoms with Crippen LogP contribution in [0.3, 0.4) is 0 Å². The van der Waals surface area contributed by atoms with Crippen LogP contribution in [0.4, 0.5) is 0 Å². The number of carbonyl (C=O) groups is 2. The van der Waals surface area contributed by atoms with E-state index in [1.54, 1.807) is 35.8 Å². The summed E-state index contributed by atoms with van der Waals surface area (Å²) in [6.07, 6.45) is 0.791. The van der Waals surface area contributed by atoms with Gasteiger partial charge >= 0.3 is 0 Å². The van der Waals surface area contributed by atoms with Crippen molar-refractivity contribution in [2.75, 3.05) is 12.8 Å². The van der Waals surface area contributed by atoms with Crippen LogP contribution in [0.15, 0.2) is 83.8 Å². The lowest BCUT2D eigenvalue weighted by molar-refractivity contribution is -0.140. The van der Waals surface area contributed by atoms with Crippen molar-refractivity contribution in [2.45, 2.75) is 37.2 Å². The number of rotatable bonds is 10. The highest BCUT2D eigenvalue weighted by Crippen LogP contribution is 2.22. The molecule has 0 saturated carbocycles. The first-order valence-corrected chi connectivity index (χ1v) is 12.3. The first-order valence-electron chi connectivity index (χ1n) is 10.9. The second-order valence-electron chi connectivity index (χ2n) is 7.88. The minimum atomic E-state index is -0.607. The summed E-state index contributed by atoms with van der Waals surface area (Å²) in [6.45, 7) is 2.40. The number of benzene rings is 3. The highest BCUT2D eigenvalue weighted by molar-refractivity contribution is 7.99. The lowest BCUT2D eigenvalue weighted by Crippen LogP contribution is -2.49. The van der Waals surface area contributed by atoms with Crippen LogP contribution >= 0.6 is 23.4 Å². The third kappa shape index (κ3) is 7.65. The van der Waals surface area contributed by atoms with Crippen molar-refractivity contribution >= 4 is 35.2 Å². The molecule has 0 spiro atoms. The van der Waals surface area contributed by atoms with E-state index in [9.17, 15) is 9.59 Å². The predicted molar refractivity (Wildman–Crippen MR) is 137 cm³/mol. The van der Waals surface area contributed by atoms with Crippen molar-refractivity contribution in [2.24, 2.45) is 0 Å². The van der Waals surface area contributed by atoms with E-state index < -0.39 is 6.04 Å². The SMILES string of the molecule is CNC(=O)[C@@H](Cc1ccccc1)N(Cc1ccc(Cl)cc1)C(=O)CCSc1ccc(C)cc1. The van der Waals surface area contributed by atoms with Gasteiger partial charge in [-0.15, -0.1) is 11.8 Å². The Hall–Kier alpha value is -2.76. The Kier molecular flexibility index (Phi) is 9.40. The highest BCUT2D eigenvalue weighted by atomic mass is 35.5. The van der Waals surface area contributed by atoms with E-state index in [0.717, 1.165) is 16.0 Å². The number of nitrogens with one attached hydrogen (secondary N) is 1. The second-order valence-corrected chi connectivity index (χ2v) is 9.48. The molecule has 6 heteroatoms. The number of thioether (sulfide) groups is 1. The lowest BCUT2D eigenvalue weighted by atomic mass is 10.0. The molecule has 0 radical (unpaired) electrons. The normalized spacial score (nSPS) is 11.6. The van der Waals surface area contributed by atoms with Crippen LogP contribution in [0, 0.1) is 6.92 Å². The van der Waals surface area contributed by atoms with Gasteiger partial charge in [0.1, 0.15) is 6.04 Å². The molecule has 33 heavy (non-hydrogen) atoms. The standard InChI is InChI=1S/C27H29ClN2O2S/c1-20-8-14-24(15-9-20)33-17-16-26(31)30(19-22-10-12-23(28)13-11-22)25(27(32)29-2)18-21-6-4-3-5-7-21/h3-15,25H,16-19H2,1-2H3,(H,29,32)/t25-/m1/s1. The Balaban J connectivity index is 1.79. The maximum Gasteiger partial charge on any atom is 0.242 e. The van der Waals surface area contributed by atoms with Gasteiger partial charge in [-0.05, 0) is 42.3 Å². The number of likely N-dealkylation sites (N-methyl/N-ethyl adjacent to an activating group) is 1. The van der Waals surface area contributed by atoms with Crippen molar-refractivity contribution in [3.63, 3.8) is 0 Å². The van der Waals surface area contributed by atoms with E-state index in [-0.39, 0.29) is 11.8 Å². The van der Waals surface area contributed by atoms with Gasteiger partial charge in [0.05, 0.1) is 0 Å². The second kappa shape index (κ2) is 12.5. The molecular formula is C27H29ClN2O2S. The molecule has 0 aliphatic carbocycles. The van der Waals surface area contributed by atoms with Gasteiger partial charge in [0.15, 0.2) is 0 Å². The molecule has 0 heterocycles. The van der Waals surface area contributed by atoms with E-state index in [4.69, 9.17) is 11.6 Å². The largest absolute Gasteiger partial charge is 0.357 e.